The van der Waals surface area contributed by atoms with Crippen molar-refractivity contribution in [3.8, 4) is 6.07 Å². The molecule has 4 nitrogen and oxygen atoms in total. The fraction of sp³-hybridized carbons (Fsp3) is 0.310. The van der Waals surface area contributed by atoms with Crippen molar-refractivity contribution in [1.29, 1.82) is 5.26 Å². The van der Waals surface area contributed by atoms with E-state index in [1.54, 1.807) is 0 Å². The molecule has 2 heterocycles. The molecule has 0 radical (unpaired) electrons. The summed E-state index contributed by atoms with van der Waals surface area (Å²) in [6.07, 6.45) is 6.03. The van der Waals surface area contributed by atoms with Gasteiger partial charge in [0.1, 0.15) is 5.41 Å². The fourth-order valence-corrected chi connectivity index (χ4v) is 5.32. The molecule has 0 unspecified atom stereocenters. The molecule has 4 heteroatoms. The van der Waals surface area contributed by atoms with Gasteiger partial charge in [0.2, 0.25) is 0 Å². The van der Waals surface area contributed by atoms with Crippen molar-refractivity contribution in [2.45, 2.75) is 37.1 Å². The van der Waals surface area contributed by atoms with Gasteiger partial charge in [-0.05, 0) is 49.4 Å². The lowest BCUT2D eigenvalue weighted by atomic mass is 9.72. The van der Waals surface area contributed by atoms with Crippen LogP contribution >= 0.6 is 0 Å². The SMILES string of the molecule is N#CC(CCCN1CCC(n2ncc3ccccc32)CC1)(c1ccccc1)c1ccccc1. The summed E-state index contributed by atoms with van der Waals surface area (Å²) in [4.78, 5) is 2.56. The molecule has 0 amide bonds. The minimum Gasteiger partial charge on any atom is -0.303 e. The molecular weight excluding hydrogens is 404 g/mol. The summed E-state index contributed by atoms with van der Waals surface area (Å²) in [6.45, 7) is 3.18. The van der Waals surface area contributed by atoms with Gasteiger partial charge in [0.05, 0.1) is 23.8 Å². The van der Waals surface area contributed by atoms with Crippen LogP contribution in [-0.2, 0) is 5.41 Å². The summed E-state index contributed by atoms with van der Waals surface area (Å²) in [5.41, 5.74) is 2.81. The number of nitriles is 1. The van der Waals surface area contributed by atoms with E-state index in [4.69, 9.17) is 0 Å². The summed E-state index contributed by atoms with van der Waals surface area (Å²) in [5, 5.41) is 16.3. The maximum Gasteiger partial charge on any atom is 0.107 e. The molecule has 0 atom stereocenters. The molecule has 3 aromatic carbocycles. The Labute approximate surface area is 196 Å². The van der Waals surface area contributed by atoms with Gasteiger partial charge in [0, 0.05) is 18.5 Å². The molecule has 4 aromatic rings. The lowest BCUT2D eigenvalue weighted by Gasteiger charge is -2.34. The molecule has 0 spiro atoms. The Bertz CT molecular complexity index is 1180. The zero-order valence-electron chi connectivity index (χ0n) is 19.0. The summed E-state index contributed by atoms with van der Waals surface area (Å²) >= 11 is 0. The van der Waals surface area contributed by atoms with Crippen molar-refractivity contribution < 1.29 is 0 Å². The van der Waals surface area contributed by atoms with Gasteiger partial charge in [0.25, 0.3) is 0 Å². The Hall–Kier alpha value is -3.42. The van der Waals surface area contributed by atoms with E-state index in [0.29, 0.717) is 6.04 Å². The lowest BCUT2D eigenvalue weighted by Crippen LogP contribution is -2.36. The molecule has 0 N–H and O–H groups in total. The Morgan fingerprint density at radius 3 is 2.09 bits per heavy atom. The van der Waals surface area contributed by atoms with Crippen LogP contribution in [0, 0.1) is 11.3 Å². The van der Waals surface area contributed by atoms with E-state index in [1.807, 2.05) is 42.6 Å². The highest BCUT2D eigenvalue weighted by molar-refractivity contribution is 5.78. The first-order valence-electron chi connectivity index (χ1n) is 12.0. The molecule has 1 aromatic heterocycles. The Kier molecular flexibility index (Phi) is 6.24. The van der Waals surface area contributed by atoms with Gasteiger partial charge < -0.3 is 4.90 Å². The van der Waals surface area contributed by atoms with Gasteiger partial charge in [-0.1, -0.05) is 78.9 Å². The summed E-state index contributed by atoms with van der Waals surface area (Å²) in [5.74, 6) is 0. The van der Waals surface area contributed by atoms with Crippen LogP contribution in [0.25, 0.3) is 10.9 Å². The first kappa shape index (κ1) is 21.4. The minimum absolute atomic E-state index is 0.466. The highest BCUT2D eigenvalue weighted by atomic mass is 15.3. The smallest absolute Gasteiger partial charge is 0.107 e. The van der Waals surface area contributed by atoms with Gasteiger partial charge in [-0.3, -0.25) is 4.68 Å². The number of benzene rings is 3. The molecule has 1 aliphatic rings. The molecule has 1 aliphatic heterocycles. The van der Waals surface area contributed by atoms with Gasteiger partial charge in [-0.25, -0.2) is 0 Å². The third kappa shape index (κ3) is 4.29. The number of hydrogen-bond acceptors (Lipinski definition) is 3. The van der Waals surface area contributed by atoms with Gasteiger partial charge in [0.15, 0.2) is 0 Å². The normalized spacial score (nSPS) is 15.5. The maximum absolute atomic E-state index is 10.4. The van der Waals surface area contributed by atoms with Crippen molar-refractivity contribution in [3.63, 3.8) is 0 Å². The largest absolute Gasteiger partial charge is 0.303 e. The van der Waals surface area contributed by atoms with Crippen molar-refractivity contribution >= 4 is 10.9 Å². The van der Waals surface area contributed by atoms with Crippen LogP contribution in [-0.4, -0.2) is 34.3 Å². The van der Waals surface area contributed by atoms with Crippen LogP contribution in [0.2, 0.25) is 0 Å². The van der Waals surface area contributed by atoms with E-state index in [9.17, 15) is 5.26 Å². The van der Waals surface area contributed by atoms with Crippen LogP contribution < -0.4 is 0 Å². The van der Waals surface area contributed by atoms with Gasteiger partial charge in [-0.15, -0.1) is 0 Å². The van der Waals surface area contributed by atoms with E-state index < -0.39 is 5.41 Å². The van der Waals surface area contributed by atoms with Crippen molar-refractivity contribution in [1.82, 2.24) is 14.7 Å². The molecule has 166 valence electrons. The quantitative estimate of drug-likeness (QED) is 0.360. The molecule has 0 aliphatic carbocycles. The number of aromatic nitrogens is 2. The Balaban J connectivity index is 1.24. The first-order chi connectivity index (χ1) is 16.3. The summed E-state index contributed by atoms with van der Waals surface area (Å²) < 4.78 is 2.22. The molecule has 33 heavy (non-hydrogen) atoms. The third-order valence-corrected chi connectivity index (χ3v) is 7.16. The molecule has 1 saturated heterocycles. The van der Waals surface area contributed by atoms with E-state index in [2.05, 4.69) is 69.3 Å². The monoisotopic (exact) mass is 434 g/mol. The summed E-state index contributed by atoms with van der Waals surface area (Å²) in [7, 11) is 0. The van der Waals surface area contributed by atoms with E-state index in [1.165, 1.54) is 10.9 Å². The van der Waals surface area contributed by atoms with Crippen LogP contribution in [0.15, 0.2) is 91.1 Å². The van der Waals surface area contributed by atoms with Gasteiger partial charge in [-0.2, -0.15) is 10.4 Å². The fourth-order valence-electron chi connectivity index (χ4n) is 5.32. The maximum atomic E-state index is 10.4. The van der Waals surface area contributed by atoms with Gasteiger partial charge >= 0.3 is 0 Å². The molecule has 0 saturated carbocycles. The topological polar surface area (TPSA) is 44.9 Å². The standard InChI is InChI=1S/C29H30N4/c30-23-29(25-11-3-1-4-12-25,26-13-5-2-6-14-26)18-9-19-32-20-16-27(17-21-32)33-28-15-8-7-10-24(28)22-31-33/h1-8,10-15,22,27H,9,16-21H2. The van der Waals surface area contributed by atoms with Crippen molar-refractivity contribution in [2.75, 3.05) is 19.6 Å². The number of likely N-dealkylation sites (tertiary alicyclic amines) is 1. The Morgan fingerprint density at radius 2 is 1.45 bits per heavy atom. The molecule has 1 fully saturated rings. The molecular formula is C29H30N4. The zero-order valence-corrected chi connectivity index (χ0v) is 19.0. The van der Waals surface area contributed by atoms with Crippen LogP contribution in [0.5, 0.6) is 0 Å². The highest BCUT2D eigenvalue weighted by Gasteiger charge is 2.34. The number of fused-ring (bicyclic) bond motifs is 1. The van der Waals surface area contributed by atoms with Crippen LogP contribution in [0.1, 0.15) is 42.9 Å². The lowest BCUT2D eigenvalue weighted by molar-refractivity contribution is 0.178. The summed E-state index contributed by atoms with van der Waals surface area (Å²) in [6, 6.07) is 32.2. The number of piperidine rings is 1. The number of rotatable bonds is 7. The second kappa shape index (κ2) is 9.60. The molecule has 0 bridgehead atoms. The van der Waals surface area contributed by atoms with E-state index in [-0.39, 0.29) is 0 Å². The predicted octanol–water partition coefficient (Wildman–Crippen LogP) is 5.96. The number of hydrogen-bond donors (Lipinski definition) is 0. The van der Waals surface area contributed by atoms with Crippen molar-refractivity contribution in [2.24, 2.45) is 0 Å². The number of para-hydroxylation sites is 1. The van der Waals surface area contributed by atoms with E-state index >= 15 is 0 Å². The van der Waals surface area contributed by atoms with Crippen LogP contribution in [0.4, 0.5) is 0 Å². The number of nitrogens with zero attached hydrogens (tertiary/aromatic N) is 4. The zero-order chi connectivity index (χ0) is 22.5. The van der Waals surface area contributed by atoms with E-state index in [0.717, 1.165) is 56.4 Å². The third-order valence-electron chi connectivity index (χ3n) is 7.16. The van der Waals surface area contributed by atoms with Crippen LogP contribution in [0.3, 0.4) is 0 Å². The van der Waals surface area contributed by atoms with Crippen molar-refractivity contribution in [3.05, 3.63) is 102 Å². The second-order valence-corrected chi connectivity index (χ2v) is 9.07. The predicted molar refractivity (Wildman–Crippen MR) is 133 cm³/mol. The average Bonchev–Trinajstić information content (AvgIpc) is 3.33. The Morgan fingerprint density at radius 1 is 0.848 bits per heavy atom. The second-order valence-electron chi connectivity index (χ2n) is 9.07. The average molecular weight is 435 g/mol. The minimum atomic E-state index is -0.602. The first-order valence-corrected chi connectivity index (χ1v) is 12.0. The highest BCUT2D eigenvalue weighted by Crippen LogP contribution is 2.36. The molecule has 5 rings (SSSR count).